The Labute approximate surface area is 95.3 Å². The minimum absolute atomic E-state index is 0.00306. The number of aryl methyl sites for hydroxylation is 1. The van der Waals surface area contributed by atoms with E-state index in [1.807, 2.05) is 19.1 Å². The van der Waals surface area contributed by atoms with E-state index in [4.69, 9.17) is 10.8 Å². The Balaban J connectivity index is 2.38. The van der Waals surface area contributed by atoms with Gasteiger partial charge in [-0.25, -0.2) is 0 Å². The molecule has 0 saturated heterocycles. The van der Waals surface area contributed by atoms with Gasteiger partial charge in [0.15, 0.2) is 0 Å². The van der Waals surface area contributed by atoms with E-state index in [9.17, 15) is 0 Å². The third-order valence-electron chi connectivity index (χ3n) is 2.99. The van der Waals surface area contributed by atoms with E-state index < -0.39 is 0 Å². The van der Waals surface area contributed by atoms with Crippen LogP contribution >= 0.6 is 0 Å². The summed E-state index contributed by atoms with van der Waals surface area (Å²) >= 11 is 0. The Kier molecular flexibility index (Phi) is 3.27. The first-order valence-corrected chi connectivity index (χ1v) is 5.67. The Morgan fingerprint density at radius 1 is 1.38 bits per heavy atom. The van der Waals surface area contributed by atoms with Gasteiger partial charge in [-0.05, 0) is 31.4 Å². The van der Waals surface area contributed by atoms with E-state index in [0.29, 0.717) is 0 Å². The predicted octanol–water partition coefficient (Wildman–Crippen LogP) is 2.25. The van der Waals surface area contributed by atoms with Crippen LogP contribution in [0.1, 0.15) is 30.1 Å². The van der Waals surface area contributed by atoms with Crippen LogP contribution in [0.4, 0.5) is 0 Å². The summed E-state index contributed by atoms with van der Waals surface area (Å²) < 4.78 is 0. The zero-order valence-corrected chi connectivity index (χ0v) is 9.53. The summed E-state index contributed by atoms with van der Waals surface area (Å²) in [5.74, 6) is 0. The second kappa shape index (κ2) is 4.68. The standard InChI is InChI=1S/C13H18N2O/c1-9-13(11(14)6-4-8-16)10-5-2-3-7-12(10)15-9/h2-3,5,7,11,15-16H,4,6,8,14H2,1H3/t11-/m0/s1. The molecule has 16 heavy (non-hydrogen) atoms. The third kappa shape index (κ3) is 1.96. The largest absolute Gasteiger partial charge is 0.396 e. The second-order valence-corrected chi connectivity index (χ2v) is 4.18. The van der Waals surface area contributed by atoms with Gasteiger partial charge in [0.1, 0.15) is 0 Å². The lowest BCUT2D eigenvalue weighted by Crippen LogP contribution is -2.11. The van der Waals surface area contributed by atoms with Crippen LogP contribution in [0.15, 0.2) is 24.3 Å². The van der Waals surface area contributed by atoms with Crippen LogP contribution in [0.2, 0.25) is 0 Å². The number of aliphatic hydroxyl groups is 1. The molecule has 3 heteroatoms. The molecule has 0 fully saturated rings. The van der Waals surface area contributed by atoms with Crippen LogP contribution in [-0.4, -0.2) is 16.7 Å². The molecule has 0 aliphatic carbocycles. The van der Waals surface area contributed by atoms with Crippen molar-refractivity contribution in [3.63, 3.8) is 0 Å². The minimum atomic E-state index is 0.00306. The Morgan fingerprint density at radius 3 is 2.88 bits per heavy atom. The van der Waals surface area contributed by atoms with Gasteiger partial charge in [-0.3, -0.25) is 0 Å². The van der Waals surface area contributed by atoms with E-state index in [-0.39, 0.29) is 12.6 Å². The summed E-state index contributed by atoms with van der Waals surface area (Å²) in [6.07, 6.45) is 1.57. The normalized spacial score (nSPS) is 13.2. The summed E-state index contributed by atoms with van der Waals surface area (Å²) in [7, 11) is 0. The number of nitrogens with one attached hydrogen (secondary N) is 1. The van der Waals surface area contributed by atoms with Crippen molar-refractivity contribution in [1.29, 1.82) is 0 Å². The van der Waals surface area contributed by atoms with Gasteiger partial charge >= 0.3 is 0 Å². The number of para-hydroxylation sites is 1. The lowest BCUT2D eigenvalue weighted by molar-refractivity contribution is 0.280. The fraction of sp³-hybridized carbons (Fsp3) is 0.385. The topological polar surface area (TPSA) is 62.0 Å². The number of aromatic amines is 1. The van der Waals surface area contributed by atoms with E-state index in [0.717, 1.165) is 24.1 Å². The quantitative estimate of drug-likeness (QED) is 0.737. The summed E-state index contributed by atoms with van der Waals surface area (Å²) in [5, 5.41) is 10.0. The summed E-state index contributed by atoms with van der Waals surface area (Å²) in [6.45, 7) is 2.25. The number of H-pyrrole nitrogens is 1. The van der Waals surface area contributed by atoms with E-state index in [1.165, 1.54) is 10.9 Å². The van der Waals surface area contributed by atoms with Crippen LogP contribution in [0.25, 0.3) is 10.9 Å². The maximum absolute atomic E-state index is 8.83. The zero-order valence-electron chi connectivity index (χ0n) is 9.53. The van der Waals surface area contributed by atoms with Crippen molar-refractivity contribution in [2.45, 2.75) is 25.8 Å². The molecule has 0 radical (unpaired) electrons. The lowest BCUT2D eigenvalue weighted by atomic mass is 10.00. The Hall–Kier alpha value is -1.32. The molecule has 0 unspecified atom stereocenters. The van der Waals surface area contributed by atoms with Crippen molar-refractivity contribution in [3.05, 3.63) is 35.5 Å². The van der Waals surface area contributed by atoms with Crippen LogP contribution in [0.5, 0.6) is 0 Å². The third-order valence-corrected chi connectivity index (χ3v) is 2.99. The van der Waals surface area contributed by atoms with E-state index >= 15 is 0 Å². The van der Waals surface area contributed by atoms with Gasteiger partial charge in [0, 0.05) is 29.2 Å². The first-order chi connectivity index (χ1) is 7.74. The Bertz CT molecular complexity index is 476. The van der Waals surface area contributed by atoms with Crippen LogP contribution < -0.4 is 5.73 Å². The highest BCUT2D eigenvalue weighted by atomic mass is 16.2. The number of nitrogens with two attached hydrogens (primary N) is 1. The van der Waals surface area contributed by atoms with Crippen LogP contribution in [-0.2, 0) is 0 Å². The SMILES string of the molecule is Cc1[nH]c2ccccc2c1[C@@H](N)CCCO. The minimum Gasteiger partial charge on any atom is -0.396 e. The lowest BCUT2D eigenvalue weighted by Gasteiger charge is -2.11. The van der Waals surface area contributed by atoms with Gasteiger partial charge in [0.25, 0.3) is 0 Å². The molecule has 0 aliphatic heterocycles. The van der Waals surface area contributed by atoms with Crippen molar-refractivity contribution in [2.75, 3.05) is 6.61 Å². The number of aromatic nitrogens is 1. The molecule has 1 aromatic carbocycles. The highest BCUT2D eigenvalue weighted by Crippen LogP contribution is 2.28. The number of benzene rings is 1. The van der Waals surface area contributed by atoms with E-state index in [1.54, 1.807) is 0 Å². The average Bonchev–Trinajstić information content (AvgIpc) is 2.62. The molecule has 2 rings (SSSR count). The molecule has 86 valence electrons. The molecular weight excluding hydrogens is 200 g/mol. The van der Waals surface area contributed by atoms with Crippen molar-refractivity contribution in [1.82, 2.24) is 4.98 Å². The molecule has 0 aliphatic rings. The smallest absolute Gasteiger partial charge is 0.0459 e. The van der Waals surface area contributed by atoms with Crippen molar-refractivity contribution in [3.8, 4) is 0 Å². The number of fused-ring (bicyclic) bond motifs is 1. The van der Waals surface area contributed by atoms with Gasteiger partial charge in [-0.15, -0.1) is 0 Å². The number of hydrogen-bond donors (Lipinski definition) is 3. The van der Waals surface area contributed by atoms with Crippen LogP contribution in [0.3, 0.4) is 0 Å². The summed E-state index contributed by atoms with van der Waals surface area (Å²) in [4.78, 5) is 3.34. The summed E-state index contributed by atoms with van der Waals surface area (Å²) in [5.41, 5.74) is 9.61. The van der Waals surface area contributed by atoms with Gasteiger partial charge in [0.2, 0.25) is 0 Å². The molecule has 1 atom stereocenters. The number of rotatable bonds is 4. The zero-order chi connectivity index (χ0) is 11.5. The summed E-state index contributed by atoms with van der Waals surface area (Å²) in [6, 6.07) is 8.19. The molecule has 0 bridgehead atoms. The molecule has 1 aromatic heterocycles. The maximum atomic E-state index is 8.83. The second-order valence-electron chi connectivity index (χ2n) is 4.18. The van der Waals surface area contributed by atoms with Crippen LogP contribution in [0, 0.1) is 6.92 Å². The van der Waals surface area contributed by atoms with Crippen molar-refractivity contribution in [2.24, 2.45) is 5.73 Å². The fourth-order valence-electron chi connectivity index (χ4n) is 2.23. The molecular formula is C13H18N2O. The average molecular weight is 218 g/mol. The number of hydrogen-bond acceptors (Lipinski definition) is 2. The first-order valence-electron chi connectivity index (χ1n) is 5.67. The molecule has 2 aromatic rings. The molecule has 0 amide bonds. The Morgan fingerprint density at radius 2 is 2.12 bits per heavy atom. The highest BCUT2D eigenvalue weighted by Gasteiger charge is 2.14. The molecule has 3 nitrogen and oxygen atoms in total. The monoisotopic (exact) mass is 218 g/mol. The highest BCUT2D eigenvalue weighted by molar-refractivity contribution is 5.85. The van der Waals surface area contributed by atoms with Crippen molar-refractivity contribution >= 4 is 10.9 Å². The molecule has 4 N–H and O–H groups in total. The van der Waals surface area contributed by atoms with Gasteiger partial charge in [0.05, 0.1) is 0 Å². The maximum Gasteiger partial charge on any atom is 0.0459 e. The van der Waals surface area contributed by atoms with Gasteiger partial charge in [-0.1, -0.05) is 18.2 Å². The van der Waals surface area contributed by atoms with Gasteiger partial charge in [-0.2, -0.15) is 0 Å². The van der Waals surface area contributed by atoms with Gasteiger partial charge < -0.3 is 15.8 Å². The predicted molar refractivity (Wildman–Crippen MR) is 66.3 cm³/mol. The van der Waals surface area contributed by atoms with Crippen molar-refractivity contribution < 1.29 is 5.11 Å². The molecule has 0 spiro atoms. The first kappa shape index (κ1) is 11.2. The fourth-order valence-corrected chi connectivity index (χ4v) is 2.23. The molecule has 1 heterocycles. The number of aliphatic hydroxyl groups excluding tert-OH is 1. The van der Waals surface area contributed by atoms with E-state index in [2.05, 4.69) is 17.1 Å². The molecule has 0 saturated carbocycles.